The summed E-state index contributed by atoms with van der Waals surface area (Å²) in [5, 5.41) is 5.80. The van der Waals surface area contributed by atoms with E-state index in [1.165, 1.54) is 12.1 Å². The molecule has 0 aromatic heterocycles. The Morgan fingerprint density at radius 2 is 1.72 bits per heavy atom. The van der Waals surface area contributed by atoms with Gasteiger partial charge >= 0.3 is 12.2 Å². The molecular weight excluding hydrogens is 355 g/mol. The maximum absolute atomic E-state index is 12.8. The van der Waals surface area contributed by atoms with Crippen molar-refractivity contribution in [1.82, 2.24) is 5.43 Å². The quantitative estimate of drug-likeness (QED) is 0.572. The summed E-state index contributed by atoms with van der Waals surface area (Å²) in [5.74, 6) is 0. The Kier molecular flexibility index (Phi) is 5.69. The molecule has 0 spiro atoms. The number of nitrogens with one attached hydrogen (secondary N) is 2. The minimum atomic E-state index is -4.56. The predicted molar refractivity (Wildman–Crippen MR) is 92.1 cm³/mol. The first-order valence-corrected chi connectivity index (χ1v) is 7.60. The zero-order valence-electron chi connectivity index (χ0n) is 13.4. The average Bonchev–Trinajstić information content (AvgIpc) is 2.51. The van der Waals surface area contributed by atoms with Crippen LogP contribution in [0.2, 0.25) is 5.02 Å². The molecule has 0 saturated heterocycles. The zero-order chi connectivity index (χ0) is 18.6. The zero-order valence-corrected chi connectivity index (χ0v) is 14.2. The predicted octanol–water partition coefficient (Wildman–Crippen LogP) is 5.13. The number of alkyl halides is 3. The van der Waals surface area contributed by atoms with E-state index in [0.29, 0.717) is 5.69 Å². The van der Waals surface area contributed by atoms with Crippen molar-refractivity contribution in [2.75, 3.05) is 5.32 Å². The molecule has 0 radical (unpaired) electrons. The largest absolute Gasteiger partial charge is 0.417 e. The number of aryl methyl sites for hydroxylation is 2. The van der Waals surface area contributed by atoms with Crippen LogP contribution < -0.4 is 10.7 Å². The first-order valence-electron chi connectivity index (χ1n) is 7.22. The van der Waals surface area contributed by atoms with Crippen molar-refractivity contribution < 1.29 is 18.0 Å². The third kappa shape index (κ3) is 4.73. The number of rotatable bonds is 3. The number of amides is 2. The summed E-state index contributed by atoms with van der Waals surface area (Å²) in [6.45, 7) is 3.68. The number of hydrogen-bond donors (Lipinski definition) is 2. The highest BCUT2D eigenvalue weighted by molar-refractivity contribution is 6.34. The molecule has 0 aliphatic carbocycles. The van der Waals surface area contributed by atoms with E-state index in [2.05, 4.69) is 15.8 Å². The van der Waals surface area contributed by atoms with Crippen molar-refractivity contribution >= 4 is 29.5 Å². The van der Waals surface area contributed by atoms with Crippen molar-refractivity contribution in [2.24, 2.45) is 5.10 Å². The second-order valence-corrected chi connectivity index (χ2v) is 5.68. The fourth-order valence-corrected chi connectivity index (χ4v) is 2.46. The summed E-state index contributed by atoms with van der Waals surface area (Å²) >= 11 is 5.74. The molecule has 0 atom stereocenters. The topological polar surface area (TPSA) is 53.5 Å². The number of halogens is 4. The number of carbonyl (C=O) groups excluding carboxylic acids is 1. The van der Waals surface area contributed by atoms with Gasteiger partial charge in [-0.05, 0) is 31.0 Å². The summed E-state index contributed by atoms with van der Waals surface area (Å²) in [5.41, 5.74) is 3.68. The minimum Gasteiger partial charge on any atom is -0.306 e. The molecule has 0 heterocycles. The molecule has 0 fully saturated rings. The van der Waals surface area contributed by atoms with E-state index in [1.807, 2.05) is 32.0 Å². The second kappa shape index (κ2) is 7.57. The normalized spacial score (nSPS) is 11.6. The highest BCUT2D eigenvalue weighted by atomic mass is 35.5. The van der Waals surface area contributed by atoms with Gasteiger partial charge in [0.15, 0.2) is 0 Å². The highest BCUT2D eigenvalue weighted by Gasteiger charge is 2.33. The fourth-order valence-electron chi connectivity index (χ4n) is 2.18. The molecule has 2 rings (SSSR count). The van der Waals surface area contributed by atoms with Crippen molar-refractivity contribution in [2.45, 2.75) is 20.0 Å². The number of urea groups is 1. The van der Waals surface area contributed by atoms with Crippen LogP contribution in [0.4, 0.5) is 23.7 Å². The van der Waals surface area contributed by atoms with E-state index in [4.69, 9.17) is 11.6 Å². The number of benzene rings is 2. The lowest BCUT2D eigenvalue weighted by Gasteiger charge is -2.11. The van der Waals surface area contributed by atoms with E-state index in [1.54, 1.807) is 0 Å². The van der Waals surface area contributed by atoms with Gasteiger partial charge in [0.25, 0.3) is 0 Å². The van der Waals surface area contributed by atoms with Crippen LogP contribution in [0, 0.1) is 13.8 Å². The molecule has 8 heteroatoms. The van der Waals surface area contributed by atoms with Crippen LogP contribution in [0.1, 0.15) is 22.3 Å². The second-order valence-electron chi connectivity index (χ2n) is 5.30. The van der Waals surface area contributed by atoms with Gasteiger partial charge in [-0.1, -0.05) is 41.9 Å². The molecule has 0 unspecified atom stereocenters. The lowest BCUT2D eigenvalue weighted by molar-refractivity contribution is -0.137. The van der Waals surface area contributed by atoms with Crippen LogP contribution in [0.3, 0.4) is 0 Å². The van der Waals surface area contributed by atoms with Crippen LogP contribution in [0.25, 0.3) is 0 Å². The van der Waals surface area contributed by atoms with Crippen LogP contribution in [-0.4, -0.2) is 12.2 Å². The first kappa shape index (κ1) is 18.8. The lowest BCUT2D eigenvalue weighted by atomic mass is 10.1. The van der Waals surface area contributed by atoms with Crippen molar-refractivity contribution in [3.05, 3.63) is 63.7 Å². The van der Waals surface area contributed by atoms with Crippen molar-refractivity contribution in [1.29, 1.82) is 0 Å². The van der Waals surface area contributed by atoms with Crippen LogP contribution in [0.5, 0.6) is 0 Å². The highest BCUT2D eigenvalue weighted by Crippen LogP contribution is 2.35. The average molecular weight is 370 g/mol. The van der Waals surface area contributed by atoms with E-state index in [-0.39, 0.29) is 5.56 Å². The SMILES string of the molecule is Cc1cccc(C)c1NC(=O)NN=Cc1cccc(C(F)(F)F)c1Cl. The fraction of sp³-hybridized carbons (Fsp3) is 0.176. The van der Waals surface area contributed by atoms with Crippen LogP contribution in [-0.2, 0) is 6.18 Å². The Hall–Kier alpha value is -2.54. The summed E-state index contributed by atoms with van der Waals surface area (Å²) in [6.07, 6.45) is -3.50. The van der Waals surface area contributed by atoms with Crippen LogP contribution >= 0.6 is 11.6 Å². The van der Waals surface area contributed by atoms with Gasteiger partial charge < -0.3 is 5.32 Å². The summed E-state index contributed by atoms with van der Waals surface area (Å²) in [7, 11) is 0. The van der Waals surface area contributed by atoms with Gasteiger partial charge in [-0.3, -0.25) is 0 Å². The first-order chi connectivity index (χ1) is 11.7. The van der Waals surface area contributed by atoms with Gasteiger partial charge in [-0.25, -0.2) is 10.2 Å². The summed E-state index contributed by atoms with van der Waals surface area (Å²) < 4.78 is 38.4. The molecule has 25 heavy (non-hydrogen) atoms. The molecule has 2 N–H and O–H groups in total. The number of para-hydroxylation sites is 1. The maximum Gasteiger partial charge on any atom is 0.417 e. The number of carbonyl (C=O) groups is 1. The molecule has 2 amide bonds. The minimum absolute atomic E-state index is 0.0452. The number of nitrogens with zero attached hydrogens (tertiary/aromatic N) is 1. The maximum atomic E-state index is 12.8. The van der Waals surface area contributed by atoms with Gasteiger partial charge in [0, 0.05) is 11.3 Å². The van der Waals surface area contributed by atoms with E-state index in [9.17, 15) is 18.0 Å². The Morgan fingerprint density at radius 1 is 1.12 bits per heavy atom. The molecule has 0 aliphatic rings. The van der Waals surface area contributed by atoms with Gasteiger partial charge in [0.2, 0.25) is 0 Å². The van der Waals surface area contributed by atoms with Gasteiger partial charge in [0.05, 0.1) is 16.8 Å². The van der Waals surface area contributed by atoms with Gasteiger partial charge in [0.1, 0.15) is 0 Å². The lowest BCUT2D eigenvalue weighted by Crippen LogP contribution is -2.25. The molecule has 0 aliphatic heterocycles. The Morgan fingerprint density at radius 3 is 2.32 bits per heavy atom. The third-order valence-electron chi connectivity index (χ3n) is 3.42. The Labute approximate surface area is 147 Å². The smallest absolute Gasteiger partial charge is 0.306 e. The van der Waals surface area contributed by atoms with E-state index < -0.39 is 22.8 Å². The van der Waals surface area contributed by atoms with Crippen molar-refractivity contribution in [3.63, 3.8) is 0 Å². The molecule has 2 aromatic rings. The molecule has 4 nitrogen and oxygen atoms in total. The van der Waals surface area contributed by atoms with Crippen molar-refractivity contribution in [3.8, 4) is 0 Å². The number of anilines is 1. The van der Waals surface area contributed by atoms with Gasteiger partial charge in [-0.2, -0.15) is 18.3 Å². The summed E-state index contributed by atoms with van der Waals surface area (Å²) in [6, 6.07) is 8.39. The number of hydrogen-bond acceptors (Lipinski definition) is 2. The number of hydrazone groups is 1. The van der Waals surface area contributed by atoms with Crippen LogP contribution in [0.15, 0.2) is 41.5 Å². The third-order valence-corrected chi connectivity index (χ3v) is 3.85. The molecule has 2 aromatic carbocycles. The summed E-state index contributed by atoms with van der Waals surface area (Å²) in [4.78, 5) is 11.9. The molecule has 0 bridgehead atoms. The van der Waals surface area contributed by atoms with E-state index in [0.717, 1.165) is 23.4 Å². The Bertz CT molecular complexity index is 799. The Balaban J connectivity index is 2.08. The van der Waals surface area contributed by atoms with Gasteiger partial charge in [-0.15, -0.1) is 0 Å². The standard InChI is InChI=1S/C17H15ClF3N3O/c1-10-5-3-6-11(2)15(10)23-16(25)24-22-9-12-7-4-8-13(14(12)18)17(19,20)21/h3-9H,1-2H3,(H2,23,24,25). The molecular formula is C17H15ClF3N3O. The molecule has 132 valence electrons. The monoisotopic (exact) mass is 369 g/mol. The molecule has 0 saturated carbocycles. The van der Waals surface area contributed by atoms with E-state index >= 15 is 0 Å².